The van der Waals surface area contributed by atoms with Crippen molar-refractivity contribution in [3.8, 4) is 0 Å². The van der Waals surface area contributed by atoms with E-state index in [1.807, 2.05) is 12.1 Å². The van der Waals surface area contributed by atoms with Gasteiger partial charge in [0, 0.05) is 11.8 Å². The highest BCUT2D eigenvalue weighted by Crippen LogP contribution is 2.28. The van der Waals surface area contributed by atoms with Gasteiger partial charge < -0.3 is 5.73 Å². The molecule has 2 rings (SSSR count). The fourth-order valence-electron chi connectivity index (χ4n) is 2.14. The first-order valence-electron chi connectivity index (χ1n) is 6.49. The molecule has 2 aromatic rings. The summed E-state index contributed by atoms with van der Waals surface area (Å²) < 4.78 is 0. The highest BCUT2D eigenvalue weighted by atomic mass is 35.5. The van der Waals surface area contributed by atoms with Gasteiger partial charge in [-0.2, -0.15) is 0 Å². The molecular formula is C15H19ClN4. The number of benzene rings is 1. The fourth-order valence-corrected chi connectivity index (χ4v) is 2.30. The Balaban J connectivity index is 2.39. The summed E-state index contributed by atoms with van der Waals surface area (Å²) in [5, 5.41) is 0.535. The SMILES string of the molecule is CC(C)c1ccc(C(NN)c2cc(Cl)cnc2N)cc1. The number of halogens is 1. The molecule has 0 amide bonds. The molecule has 0 aliphatic heterocycles. The minimum absolute atomic E-state index is 0.234. The molecule has 0 fully saturated rings. The zero-order valence-electron chi connectivity index (χ0n) is 11.6. The first-order valence-corrected chi connectivity index (χ1v) is 6.87. The van der Waals surface area contributed by atoms with E-state index in [0.717, 1.165) is 11.1 Å². The molecule has 0 radical (unpaired) electrons. The Hall–Kier alpha value is -1.62. The molecular weight excluding hydrogens is 272 g/mol. The Morgan fingerprint density at radius 2 is 1.75 bits per heavy atom. The third-order valence-corrected chi connectivity index (χ3v) is 3.54. The van der Waals surface area contributed by atoms with E-state index in [-0.39, 0.29) is 6.04 Å². The topological polar surface area (TPSA) is 77.0 Å². The lowest BCUT2D eigenvalue weighted by Crippen LogP contribution is -2.29. The van der Waals surface area contributed by atoms with Crippen LogP contribution in [0.15, 0.2) is 36.5 Å². The third-order valence-electron chi connectivity index (χ3n) is 3.33. The summed E-state index contributed by atoms with van der Waals surface area (Å²) in [5.74, 6) is 6.59. The smallest absolute Gasteiger partial charge is 0.128 e. The molecule has 1 aromatic heterocycles. The van der Waals surface area contributed by atoms with Gasteiger partial charge in [0.05, 0.1) is 11.1 Å². The molecule has 5 heteroatoms. The van der Waals surface area contributed by atoms with Gasteiger partial charge in [-0.25, -0.2) is 10.4 Å². The first-order chi connectivity index (χ1) is 9.52. The van der Waals surface area contributed by atoms with Crippen LogP contribution in [0.3, 0.4) is 0 Å². The molecule has 106 valence electrons. The van der Waals surface area contributed by atoms with E-state index in [0.29, 0.717) is 16.8 Å². The largest absolute Gasteiger partial charge is 0.383 e. The molecule has 4 nitrogen and oxygen atoms in total. The highest BCUT2D eigenvalue weighted by molar-refractivity contribution is 6.30. The number of pyridine rings is 1. The molecule has 1 atom stereocenters. The minimum Gasteiger partial charge on any atom is -0.383 e. The molecule has 0 saturated carbocycles. The van der Waals surface area contributed by atoms with Gasteiger partial charge in [0.2, 0.25) is 0 Å². The van der Waals surface area contributed by atoms with Crippen molar-refractivity contribution in [3.05, 3.63) is 58.2 Å². The van der Waals surface area contributed by atoms with Crippen LogP contribution in [0.1, 0.15) is 42.5 Å². The lowest BCUT2D eigenvalue weighted by Gasteiger charge is -2.19. The Kier molecular flexibility index (Phi) is 4.60. The van der Waals surface area contributed by atoms with Gasteiger partial charge in [0.25, 0.3) is 0 Å². The van der Waals surface area contributed by atoms with Gasteiger partial charge in [0.15, 0.2) is 0 Å². The number of nitrogens with two attached hydrogens (primary N) is 2. The molecule has 0 aliphatic rings. The van der Waals surface area contributed by atoms with E-state index in [4.69, 9.17) is 23.2 Å². The Labute approximate surface area is 124 Å². The lowest BCUT2D eigenvalue weighted by molar-refractivity contribution is 0.636. The highest BCUT2D eigenvalue weighted by Gasteiger charge is 2.16. The second-order valence-electron chi connectivity index (χ2n) is 5.05. The van der Waals surface area contributed by atoms with E-state index in [1.54, 1.807) is 6.07 Å². The standard InChI is InChI=1S/C15H19ClN4/c1-9(2)10-3-5-11(6-4-10)14(20-18)13-7-12(16)8-19-15(13)17/h3-9,14,20H,18H2,1-2H3,(H2,17,19). The number of nitrogens with one attached hydrogen (secondary N) is 1. The van der Waals surface area contributed by atoms with Crippen molar-refractivity contribution in [2.24, 2.45) is 5.84 Å². The van der Waals surface area contributed by atoms with Crippen molar-refractivity contribution < 1.29 is 0 Å². The average molecular weight is 291 g/mol. The van der Waals surface area contributed by atoms with Gasteiger partial charge >= 0.3 is 0 Å². The van der Waals surface area contributed by atoms with Gasteiger partial charge in [-0.05, 0) is 23.1 Å². The molecule has 1 heterocycles. The van der Waals surface area contributed by atoms with Crippen LogP contribution >= 0.6 is 11.6 Å². The monoisotopic (exact) mass is 290 g/mol. The van der Waals surface area contributed by atoms with Gasteiger partial charge in [-0.3, -0.25) is 5.84 Å². The van der Waals surface area contributed by atoms with Crippen molar-refractivity contribution in [2.75, 3.05) is 5.73 Å². The third kappa shape index (κ3) is 3.10. The predicted molar refractivity (Wildman–Crippen MR) is 83.4 cm³/mol. The summed E-state index contributed by atoms with van der Waals surface area (Å²) in [4.78, 5) is 4.07. The number of hydrogen-bond acceptors (Lipinski definition) is 4. The maximum Gasteiger partial charge on any atom is 0.128 e. The number of anilines is 1. The summed E-state index contributed by atoms with van der Waals surface area (Å²) in [7, 11) is 0. The van der Waals surface area contributed by atoms with E-state index in [1.165, 1.54) is 11.8 Å². The van der Waals surface area contributed by atoms with E-state index in [9.17, 15) is 0 Å². The lowest BCUT2D eigenvalue weighted by atomic mass is 9.96. The summed E-state index contributed by atoms with van der Waals surface area (Å²) in [5.41, 5.74) is 11.8. The molecule has 0 bridgehead atoms. The number of nitrogens with zero attached hydrogens (tertiary/aromatic N) is 1. The Morgan fingerprint density at radius 3 is 2.30 bits per heavy atom. The van der Waals surface area contributed by atoms with Gasteiger partial charge in [-0.15, -0.1) is 0 Å². The number of hydrazine groups is 1. The Bertz CT molecular complexity index is 581. The van der Waals surface area contributed by atoms with Crippen LogP contribution in [0.2, 0.25) is 5.02 Å². The molecule has 1 unspecified atom stereocenters. The fraction of sp³-hybridized carbons (Fsp3) is 0.267. The van der Waals surface area contributed by atoms with E-state index in [2.05, 4.69) is 36.4 Å². The second-order valence-corrected chi connectivity index (χ2v) is 5.49. The van der Waals surface area contributed by atoms with Crippen LogP contribution in [0.25, 0.3) is 0 Å². The summed E-state index contributed by atoms with van der Waals surface area (Å²) >= 11 is 5.99. The number of aromatic nitrogens is 1. The van der Waals surface area contributed by atoms with Crippen molar-refractivity contribution >= 4 is 17.4 Å². The molecule has 5 N–H and O–H groups in total. The Morgan fingerprint density at radius 1 is 1.15 bits per heavy atom. The van der Waals surface area contributed by atoms with Gasteiger partial charge in [0.1, 0.15) is 5.82 Å². The number of rotatable bonds is 4. The molecule has 0 spiro atoms. The van der Waals surface area contributed by atoms with Crippen molar-refractivity contribution in [3.63, 3.8) is 0 Å². The maximum atomic E-state index is 5.99. The second kappa shape index (κ2) is 6.22. The first kappa shape index (κ1) is 14.8. The molecule has 0 aliphatic carbocycles. The average Bonchev–Trinajstić information content (AvgIpc) is 2.44. The van der Waals surface area contributed by atoms with Crippen molar-refractivity contribution in [1.29, 1.82) is 0 Å². The summed E-state index contributed by atoms with van der Waals surface area (Å²) in [6, 6.07) is 9.82. The predicted octanol–water partition coefficient (Wildman–Crippen LogP) is 2.99. The normalized spacial score (nSPS) is 12.7. The zero-order chi connectivity index (χ0) is 14.7. The van der Waals surface area contributed by atoms with Crippen LogP contribution in [0.5, 0.6) is 0 Å². The molecule has 20 heavy (non-hydrogen) atoms. The number of nitrogen functional groups attached to an aromatic ring is 1. The van der Waals surface area contributed by atoms with Crippen LogP contribution in [-0.4, -0.2) is 4.98 Å². The minimum atomic E-state index is -0.234. The van der Waals surface area contributed by atoms with Crippen LogP contribution in [-0.2, 0) is 0 Å². The van der Waals surface area contributed by atoms with Crippen LogP contribution in [0, 0.1) is 0 Å². The van der Waals surface area contributed by atoms with Gasteiger partial charge in [-0.1, -0.05) is 49.7 Å². The van der Waals surface area contributed by atoms with Crippen molar-refractivity contribution in [2.45, 2.75) is 25.8 Å². The number of hydrogen-bond donors (Lipinski definition) is 3. The summed E-state index contributed by atoms with van der Waals surface area (Å²) in [6.45, 7) is 4.32. The quantitative estimate of drug-likeness (QED) is 0.597. The van der Waals surface area contributed by atoms with E-state index >= 15 is 0 Å². The van der Waals surface area contributed by atoms with Crippen LogP contribution < -0.4 is 17.0 Å². The van der Waals surface area contributed by atoms with E-state index < -0.39 is 0 Å². The zero-order valence-corrected chi connectivity index (χ0v) is 12.4. The maximum absolute atomic E-state index is 5.99. The van der Waals surface area contributed by atoms with Crippen molar-refractivity contribution in [1.82, 2.24) is 10.4 Å². The van der Waals surface area contributed by atoms with Crippen LogP contribution in [0.4, 0.5) is 5.82 Å². The molecule has 1 aromatic carbocycles. The molecule has 0 saturated heterocycles. The summed E-state index contributed by atoms with van der Waals surface area (Å²) in [6.07, 6.45) is 1.52.